The topological polar surface area (TPSA) is 43.1 Å². The van der Waals surface area contributed by atoms with Gasteiger partial charge in [0.1, 0.15) is 0 Å². The van der Waals surface area contributed by atoms with Crippen LogP contribution in [-0.4, -0.2) is 20.3 Å². The van der Waals surface area contributed by atoms with E-state index in [2.05, 4.69) is 9.67 Å². The van der Waals surface area contributed by atoms with E-state index in [1.54, 1.807) is 29.2 Å². The van der Waals surface area contributed by atoms with E-state index >= 15 is 0 Å². The molecule has 31 heavy (non-hydrogen) atoms. The zero-order valence-electron chi connectivity index (χ0n) is 16.3. The molecule has 0 aliphatic carbocycles. The Balaban J connectivity index is 1.46. The average Bonchev–Trinajstić information content (AvgIpc) is 3.40. The van der Waals surface area contributed by atoms with Gasteiger partial charge in [0.2, 0.25) is 0 Å². The molecule has 0 radical (unpaired) electrons. The van der Waals surface area contributed by atoms with Gasteiger partial charge in [0.05, 0.1) is 12.2 Å². The van der Waals surface area contributed by atoms with E-state index in [9.17, 15) is 18.0 Å². The van der Waals surface area contributed by atoms with E-state index in [-0.39, 0.29) is 5.91 Å². The van der Waals surface area contributed by atoms with Crippen molar-refractivity contribution in [1.82, 2.24) is 14.3 Å². The molecule has 0 unspecified atom stereocenters. The molecule has 2 aromatic heterocycles. The normalized spacial score (nSPS) is 13.5. The van der Waals surface area contributed by atoms with Crippen molar-refractivity contribution in [1.29, 1.82) is 0 Å². The number of nitrogens with zero attached hydrogens (tertiary/aromatic N) is 4. The molecule has 0 spiro atoms. The van der Waals surface area contributed by atoms with Gasteiger partial charge in [-0.15, -0.1) is 0 Å². The van der Waals surface area contributed by atoms with Crippen molar-refractivity contribution < 1.29 is 18.0 Å². The molecule has 1 aliphatic rings. The zero-order chi connectivity index (χ0) is 21.6. The van der Waals surface area contributed by atoms with Crippen molar-refractivity contribution >= 4 is 11.6 Å². The summed E-state index contributed by atoms with van der Waals surface area (Å²) in [5, 5.41) is 3.57. The van der Waals surface area contributed by atoms with Crippen molar-refractivity contribution in [2.75, 3.05) is 4.90 Å². The smallest absolute Gasteiger partial charge is 0.345 e. The highest BCUT2D eigenvalue weighted by atomic mass is 19.4. The SMILES string of the molecule is O=C(c1ccc(-n2ccc(C(F)(F)F)n2)cc1)N1Cc2cccn2Cc2ccccc21. The molecule has 5 nitrogen and oxygen atoms in total. The summed E-state index contributed by atoms with van der Waals surface area (Å²) in [6.07, 6.45) is -1.26. The lowest BCUT2D eigenvalue weighted by Gasteiger charge is -2.23. The minimum atomic E-state index is -4.50. The first-order chi connectivity index (χ1) is 14.9. The third kappa shape index (κ3) is 3.50. The number of alkyl halides is 3. The highest BCUT2D eigenvalue weighted by molar-refractivity contribution is 6.06. The van der Waals surface area contributed by atoms with Crippen molar-refractivity contribution in [3.8, 4) is 5.69 Å². The van der Waals surface area contributed by atoms with Crippen LogP contribution < -0.4 is 4.90 Å². The maximum atomic E-state index is 13.4. The van der Waals surface area contributed by atoms with Crippen molar-refractivity contribution in [2.24, 2.45) is 0 Å². The number of anilines is 1. The summed E-state index contributed by atoms with van der Waals surface area (Å²) in [6, 6.07) is 19.1. The largest absolute Gasteiger partial charge is 0.435 e. The van der Waals surface area contributed by atoms with E-state index in [0.29, 0.717) is 24.3 Å². The van der Waals surface area contributed by atoms with Gasteiger partial charge >= 0.3 is 6.18 Å². The molecule has 8 heteroatoms. The number of aromatic nitrogens is 3. The maximum absolute atomic E-state index is 13.4. The number of halogens is 3. The van der Waals surface area contributed by atoms with E-state index < -0.39 is 11.9 Å². The van der Waals surface area contributed by atoms with Gasteiger partial charge in [0.15, 0.2) is 5.69 Å². The zero-order valence-corrected chi connectivity index (χ0v) is 16.3. The Morgan fingerprint density at radius 2 is 1.65 bits per heavy atom. The third-order valence-corrected chi connectivity index (χ3v) is 5.37. The van der Waals surface area contributed by atoms with Gasteiger partial charge in [-0.3, -0.25) is 4.79 Å². The molecule has 4 aromatic rings. The molecule has 0 atom stereocenters. The summed E-state index contributed by atoms with van der Waals surface area (Å²) in [4.78, 5) is 15.1. The predicted molar refractivity (Wildman–Crippen MR) is 109 cm³/mol. The molecule has 0 bridgehead atoms. The Morgan fingerprint density at radius 3 is 2.39 bits per heavy atom. The Morgan fingerprint density at radius 1 is 0.871 bits per heavy atom. The molecule has 3 heterocycles. The summed E-state index contributed by atoms with van der Waals surface area (Å²) in [5.74, 6) is -0.176. The minimum absolute atomic E-state index is 0.176. The van der Waals surface area contributed by atoms with Crippen LogP contribution >= 0.6 is 0 Å². The van der Waals surface area contributed by atoms with Crippen LogP contribution in [-0.2, 0) is 19.3 Å². The minimum Gasteiger partial charge on any atom is -0.345 e. The summed E-state index contributed by atoms with van der Waals surface area (Å²) in [5.41, 5.74) is 2.84. The molecule has 0 fully saturated rings. The summed E-state index contributed by atoms with van der Waals surface area (Å²) < 4.78 is 41.7. The van der Waals surface area contributed by atoms with Crippen LogP contribution in [0.1, 0.15) is 27.3 Å². The first-order valence-corrected chi connectivity index (χ1v) is 9.67. The first-order valence-electron chi connectivity index (χ1n) is 9.67. The van der Waals surface area contributed by atoms with Gasteiger partial charge < -0.3 is 9.47 Å². The number of amides is 1. The van der Waals surface area contributed by atoms with Crippen LogP contribution in [0.3, 0.4) is 0 Å². The molecule has 2 aromatic carbocycles. The van der Waals surface area contributed by atoms with Gasteiger partial charge in [0.25, 0.3) is 5.91 Å². The average molecular weight is 422 g/mol. The fourth-order valence-corrected chi connectivity index (χ4v) is 3.80. The Kier molecular flexibility index (Phi) is 4.43. The Bertz CT molecular complexity index is 1250. The molecule has 1 aliphatic heterocycles. The van der Waals surface area contributed by atoms with Gasteiger partial charge in [-0.2, -0.15) is 18.3 Å². The highest BCUT2D eigenvalue weighted by Crippen LogP contribution is 2.30. The number of benzene rings is 2. The van der Waals surface area contributed by atoms with Crippen molar-refractivity contribution in [3.05, 3.63) is 102 Å². The Labute approximate surface area is 176 Å². The monoisotopic (exact) mass is 422 g/mol. The van der Waals surface area contributed by atoms with Gasteiger partial charge in [-0.25, -0.2) is 4.68 Å². The number of hydrogen-bond acceptors (Lipinski definition) is 2. The second-order valence-corrected chi connectivity index (χ2v) is 7.34. The van der Waals surface area contributed by atoms with Gasteiger partial charge in [0, 0.05) is 35.9 Å². The summed E-state index contributed by atoms with van der Waals surface area (Å²) >= 11 is 0. The molecule has 0 saturated carbocycles. The number of carbonyl (C=O) groups is 1. The number of para-hydroxylation sites is 1. The molecule has 1 amide bonds. The maximum Gasteiger partial charge on any atom is 0.435 e. The molecular weight excluding hydrogens is 405 g/mol. The quantitative estimate of drug-likeness (QED) is 0.461. The van der Waals surface area contributed by atoms with Crippen molar-refractivity contribution in [2.45, 2.75) is 19.3 Å². The molecule has 0 N–H and O–H groups in total. The van der Waals surface area contributed by atoms with Crippen LogP contribution in [0.25, 0.3) is 5.69 Å². The van der Waals surface area contributed by atoms with Crippen LogP contribution in [0.2, 0.25) is 0 Å². The predicted octanol–water partition coefficient (Wildman–Crippen LogP) is 4.90. The van der Waals surface area contributed by atoms with Crippen LogP contribution in [0, 0.1) is 0 Å². The lowest BCUT2D eigenvalue weighted by atomic mass is 10.1. The molecule has 0 saturated heterocycles. The number of rotatable bonds is 2. The lowest BCUT2D eigenvalue weighted by Crippen LogP contribution is -2.30. The van der Waals surface area contributed by atoms with Crippen LogP contribution in [0.15, 0.2) is 79.1 Å². The Hall–Kier alpha value is -3.81. The van der Waals surface area contributed by atoms with E-state index in [4.69, 9.17) is 0 Å². The molecule has 156 valence electrons. The number of carbonyl (C=O) groups excluding carboxylic acids is 1. The lowest BCUT2D eigenvalue weighted by molar-refractivity contribution is -0.141. The summed E-state index contributed by atoms with van der Waals surface area (Å²) in [6.45, 7) is 1.11. The van der Waals surface area contributed by atoms with E-state index in [1.807, 2.05) is 42.6 Å². The molecule has 5 rings (SSSR count). The number of fused-ring (bicyclic) bond motifs is 2. The number of hydrogen-bond donors (Lipinski definition) is 0. The fraction of sp³-hybridized carbons (Fsp3) is 0.130. The van der Waals surface area contributed by atoms with Crippen LogP contribution in [0.4, 0.5) is 18.9 Å². The van der Waals surface area contributed by atoms with E-state index in [1.165, 1.54) is 6.20 Å². The van der Waals surface area contributed by atoms with Crippen LogP contribution in [0.5, 0.6) is 0 Å². The standard InChI is InChI=1S/C23H17F3N4O/c24-23(25,26)21-11-13-30(27-21)18-9-7-16(8-10-18)22(31)29-15-19-5-3-12-28(19)14-17-4-1-2-6-20(17)29/h1-13H,14-15H2. The molecular formula is C23H17F3N4O. The van der Waals surface area contributed by atoms with E-state index in [0.717, 1.165) is 27.7 Å². The summed E-state index contributed by atoms with van der Waals surface area (Å²) in [7, 11) is 0. The second-order valence-electron chi connectivity index (χ2n) is 7.34. The second kappa shape index (κ2) is 7.16. The van der Waals surface area contributed by atoms with Crippen molar-refractivity contribution in [3.63, 3.8) is 0 Å². The first kappa shape index (κ1) is 19.2. The third-order valence-electron chi connectivity index (χ3n) is 5.37. The fourth-order valence-electron chi connectivity index (χ4n) is 3.80. The highest BCUT2D eigenvalue weighted by Gasteiger charge is 2.33. The van der Waals surface area contributed by atoms with Gasteiger partial charge in [-0.1, -0.05) is 18.2 Å². The van der Waals surface area contributed by atoms with Gasteiger partial charge in [-0.05, 0) is 54.1 Å².